The molecule has 3 rings (SSSR count). The van der Waals surface area contributed by atoms with Crippen LogP contribution in [-0.2, 0) is 21.3 Å². The Morgan fingerprint density at radius 3 is 2.43 bits per heavy atom. The lowest BCUT2D eigenvalue weighted by molar-refractivity contribution is 0.0597. The van der Waals surface area contributed by atoms with Gasteiger partial charge >= 0.3 is 5.97 Å². The molecule has 3 N–H and O–H groups in total. The Kier molecular flexibility index (Phi) is 6.19. The molecule has 0 atom stereocenters. The molecule has 0 aliphatic heterocycles. The number of carbonyl (C=O) groups excluding carboxylic acids is 2. The Labute approximate surface area is 172 Å². The number of aromatic hydroxyl groups is 1. The highest BCUT2D eigenvalue weighted by atomic mass is 32.2. The van der Waals surface area contributed by atoms with Crippen LogP contribution in [0.25, 0.3) is 0 Å². The fourth-order valence-corrected chi connectivity index (χ4v) is 3.55. The van der Waals surface area contributed by atoms with Gasteiger partial charge in [-0.15, -0.1) is 0 Å². The maximum Gasteiger partial charge on any atom is 0.341 e. The molecule has 0 fully saturated rings. The molecule has 2 aromatic carbocycles. The minimum Gasteiger partial charge on any atom is -0.505 e. The van der Waals surface area contributed by atoms with Crippen molar-refractivity contribution in [3.8, 4) is 5.75 Å². The zero-order valence-electron chi connectivity index (χ0n) is 15.8. The van der Waals surface area contributed by atoms with E-state index >= 15 is 0 Å². The van der Waals surface area contributed by atoms with Crippen LogP contribution >= 0.6 is 0 Å². The van der Waals surface area contributed by atoms with Crippen LogP contribution in [0.2, 0.25) is 0 Å². The number of hydrogen-bond acceptors (Lipinski definition) is 7. The largest absolute Gasteiger partial charge is 0.505 e. The van der Waals surface area contributed by atoms with E-state index in [4.69, 9.17) is 4.42 Å². The van der Waals surface area contributed by atoms with Crippen molar-refractivity contribution in [2.45, 2.75) is 11.4 Å². The van der Waals surface area contributed by atoms with Crippen LogP contribution in [0.5, 0.6) is 5.75 Å². The third-order valence-electron chi connectivity index (χ3n) is 4.13. The zero-order valence-corrected chi connectivity index (χ0v) is 16.6. The lowest BCUT2D eigenvalue weighted by Gasteiger charge is -2.10. The number of nitrogens with one attached hydrogen (secondary N) is 2. The molecule has 0 saturated carbocycles. The molecule has 0 radical (unpaired) electrons. The molecule has 0 aliphatic rings. The molecule has 1 aromatic heterocycles. The Morgan fingerprint density at radius 1 is 1.07 bits per heavy atom. The van der Waals surface area contributed by atoms with Gasteiger partial charge in [-0.2, -0.15) is 0 Å². The number of ether oxygens (including phenoxy) is 1. The van der Waals surface area contributed by atoms with Crippen LogP contribution in [0, 0.1) is 0 Å². The molecular weight excluding hydrogens is 412 g/mol. The van der Waals surface area contributed by atoms with Crippen LogP contribution in [0.15, 0.2) is 70.2 Å². The highest BCUT2D eigenvalue weighted by Gasteiger charge is 2.18. The van der Waals surface area contributed by atoms with Crippen molar-refractivity contribution in [2.24, 2.45) is 0 Å². The molecule has 30 heavy (non-hydrogen) atoms. The van der Waals surface area contributed by atoms with Gasteiger partial charge in [-0.1, -0.05) is 6.07 Å². The molecule has 0 aliphatic carbocycles. The molecule has 1 heterocycles. The molecule has 1 amide bonds. The second kappa shape index (κ2) is 8.80. The SMILES string of the molecule is COC(=O)c1cccc(NC(=O)c2ccc(S(=O)(=O)NCc3ccco3)cc2)c1O. The predicted molar refractivity (Wildman–Crippen MR) is 107 cm³/mol. The van der Waals surface area contributed by atoms with Gasteiger partial charge < -0.3 is 19.6 Å². The summed E-state index contributed by atoms with van der Waals surface area (Å²) in [6.07, 6.45) is 1.44. The fraction of sp³-hybridized carbons (Fsp3) is 0.100. The Morgan fingerprint density at radius 2 is 1.80 bits per heavy atom. The van der Waals surface area contributed by atoms with E-state index < -0.39 is 27.6 Å². The van der Waals surface area contributed by atoms with Crippen molar-refractivity contribution in [1.29, 1.82) is 0 Å². The summed E-state index contributed by atoms with van der Waals surface area (Å²) in [6, 6.07) is 12.8. The predicted octanol–water partition coefficient (Wildman–Crippen LogP) is 2.50. The lowest BCUT2D eigenvalue weighted by atomic mass is 10.1. The number of sulfonamides is 1. The first kappa shape index (κ1) is 21.1. The second-order valence-electron chi connectivity index (χ2n) is 6.08. The third-order valence-corrected chi connectivity index (χ3v) is 5.55. The number of anilines is 1. The molecule has 0 bridgehead atoms. The number of carbonyl (C=O) groups is 2. The van der Waals surface area contributed by atoms with Gasteiger partial charge in [-0.3, -0.25) is 4.79 Å². The van der Waals surface area contributed by atoms with Gasteiger partial charge in [0.2, 0.25) is 10.0 Å². The highest BCUT2D eigenvalue weighted by Crippen LogP contribution is 2.28. The van der Waals surface area contributed by atoms with Crippen molar-refractivity contribution in [1.82, 2.24) is 4.72 Å². The van der Waals surface area contributed by atoms with Crippen molar-refractivity contribution < 1.29 is 32.3 Å². The highest BCUT2D eigenvalue weighted by molar-refractivity contribution is 7.89. The van der Waals surface area contributed by atoms with Crippen molar-refractivity contribution in [3.63, 3.8) is 0 Å². The summed E-state index contributed by atoms with van der Waals surface area (Å²) >= 11 is 0. The number of phenols is 1. The smallest absolute Gasteiger partial charge is 0.341 e. The van der Waals surface area contributed by atoms with E-state index in [0.29, 0.717) is 5.76 Å². The van der Waals surface area contributed by atoms with Crippen molar-refractivity contribution in [2.75, 3.05) is 12.4 Å². The van der Waals surface area contributed by atoms with Crippen LogP contribution in [0.3, 0.4) is 0 Å². The maximum atomic E-state index is 12.4. The van der Waals surface area contributed by atoms with Gasteiger partial charge in [0.15, 0.2) is 5.75 Å². The topological polar surface area (TPSA) is 135 Å². The maximum absolute atomic E-state index is 12.4. The van der Waals surface area contributed by atoms with Gasteiger partial charge in [0, 0.05) is 5.56 Å². The average molecular weight is 430 g/mol. The van der Waals surface area contributed by atoms with E-state index in [0.717, 1.165) is 0 Å². The number of phenolic OH excluding ortho intramolecular Hbond substituents is 1. The van der Waals surface area contributed by atoms with Gasteiger partial charge in [-0.05, 0) is 48.5 Å². The molecule has 0 unspecified atom stereocenters. The minimum atomic E-state index is -3.80. The molecule has 3 aromatic rings. The number of rotatable bonds is 7. The average Bonchev–Trinajstić information content (AvgIpc) is 3.27. The first-order valence-electron chi connectivity index (χ1n) is 8.65. The summed E-state index contributed by atoms with van der Waals surface area (Å²) in [4.78, 5) is 24.1. The number of amides is 1. The summed E-state index contributed by atoms with van der Waals surface area (Å²) in [5.41, 5.74) is 0.0712. The quantitative estimate of drug-likeness (QED) is 0.387. The van der Waals surface area contributed by atoms with E-state index in [1.807, 2.05) is 0 Å². The molecular formula is C20H18N2O7S. The van der Waals surface area contributed by atoms with Crippen LogP contribution in [0.4, 0.5) is 5.69 Å². The number of furan rings is 1. The monoisotopic (exact) mass is 430 g/mol. The van der Waals surface area contributed by atoms with Crippen LogP contribution in [-0.4, -0.2) is 32.5 Å². The third kappa shape index (κ3) is 4.67. The summed E-state index contributed by atoms with van der Waals surface area (Å²) < 4.78 is 36.7. The fourth-order valence-electron chi connectivity index (χ4n) is 2.56. The van der Waals surface area contributed by atoms with Crippen LogP contribution in [0.1, 0.15) is 26.5 Å². The first-order valence-corrected chi connectivity index (χ1v) is 10.1. The van der Waals surface area contributed by atoms with E-state index in [1.54, 1.807) is 12.1 Å². The van der Waals surface area contributed by atoms with Gasteiger partial charge in [0.1, 0.15) is 11.3 Å². The Bertz CT molecular complexity index is 1150. The molecule has 9 nitrogen and oxygen atoms in total. The van der Waals surface area contributed by atoms with Crippen molar-refractivity contribution in [3.05, 3.63) is 77.7 Å². The summed E-state index contributed by atoms with van der Waals surface area (Å²) in [5, 5.41) is 12.6. The van der Waals surface area contributed by atoms with E-state index in [1.165, 1.54) is 55.8 Å². The van der Waals surface area contributed by atoms with Crippen molar-refractivity contribution >= 4 is 27.6 Å². The Hall–Kier alpha value is -3.63. The standard InChI is InChI=1S/C20H18N2O7S/c1-28-20(25)16-5-2-6-17(18(16)23)22-19(24)13-7-9-15(10-8-13)30(26,27)21-12-14-4-3-11-29-14/h2-11,21,23H,12H2,1H3,(H,22,24). The summed E-state index contributed by atoms with van der Waals surface area (Å²) in [6.45, 7) is -0.00656. The molecule has 10 heteroatoms. The first-order chi connectivity index (χ1) is 14.3. The zero-order chi connectivity index (χ0) is 21.7. The van der Waals surface area contributed by atoms with Gasteiger partial charge in [0.05, 0.1) is 30.5 Å². The van der Waals surface area contributed by atoms with Gasteiger partial charge in [0.25, 0.3) is 5.91 Å². The normalized spacial score (nSPS) is 11.1. The molecule has 156 valence electrons. The molecule has 0 saturated heterocycles. The van der Waals surface area contributed by atoms with Crippen LogP contribution < -0.4 is 10.0 Å². The number of hydrogen-bond donors (Lipinski definition) is 3. The second-order valence-corrected chi connectivity index (χ2v) is 7.84. The number of methoxy groups -OCH3 is 1. The Balaban J connectivity index is 1.72. The van der Waals surface area contributed by atoms with E-state index in [2.05, 4.69) is 14.8 Å². The lowest BCUT2D eigenvalue weighted by Crippen LogP contribution is -2.23. The summed E-state index contributed by atoms with van der Waals surface area (Å²) in [5.74, 6) is -1.32. The minimum absolute atomic E-state index is 0.00656. The number of para-hydroxylation sites is 1. The van der Waals surface area contributed by atoms with E-state index in [-0.39, 0.29) is 28.3 Å². The summed E-state index contributed by atoms with van der Waals surface area (Å²) in [7, 11) is -2.62. The van der Waals surface area contributed by atoms with Gasteiger partial charge in [-0.25, -0.2) is 17.9 Å². The van der Waals surface area contributed by atoms with E-state index in [9.17, 15) is 23.1 Å². The number of benzene rings is 2. The molecule has 0 spiro atoms. The number of esters is 1.